The van der Waals surface area contributed by atoms with Crippen molar-refractivity contribution in [3.05, 3.63) is 66.2 Å². The van der Waals surface area contributed by atoms with Gasteiger partial charge in [-0.3, -0.25) is 4.79 Å². The van der Waals surface area contributed by atoms with Crippen LogP contribution in [0.2, 0.25) is 0 Å². The van der Waals surface area contributed by atoms with Crippen molar-refractivity contribution in [1.29, 1.82) is 0 Å². The van der Waals surface area contributed by atoms with E-state index in [1.807, 2.05) is 54.8 Å². The second kappa shape index (κ2) is 9.74. The van der Waals surface area contributed by atoms with Crippen molar-refractivity contribution >= 4 is 29.4 Å². The smallest absolute Gasteiger partial charge is 0.244 e. The van der Waals surface area contributed by atoms with Crippen LogP contribution in [-0.4, -0.2) is 25.3 Å². The molecule has 0 radical (unpaired) electrons. The van der Waals surface area contributed by atoms with Crippen molar-refractivity contribution in [2.45, 2.75) is 11.3 Å². The van der Waals surface area contributed by atoms with E-state index in [1.54, 1.807) is 17.8 Å². The molecule has 1 amide bonds. The van der Waals surface area contributed by atoms with Gasteiger partial charge in [0.05, 0.1) is 0 Å². The molecule has 0 bridgehead atoms. The predicted molar refractivity (Wildman–Crippen MR) is 99.8 cm³/mol. The molecule has 23 heavy (non-hydrogen) atoms. The maximum Gasteiger partial charge on any atom is 0.244 e. The van der Waals surface area contributed by atoms with Gasteiger partial charge in [-0.25, -0.2) is 0 Å². The summed E-state index contributed by atoms with van der Waals surface area (Å²) in [6, 6.07) is 18.2. The molecule has 4 heteroatoms. The molecular formula is C19H22N2OS. The van der Waals surface area contributed by atoms with Crippen LogP contribution >= 0.6 is 11.8 Å². The van der Waals surface area contributed by atoms with Crippen LogP contribution in [0.4, 0.5) is 5.69 Å². The van der Waals surface area contributed by atoms with Gasteiger partial charge in [-0.05, 0) is 48.6 Å². The first-order valence-corrected chi connectivity index (χ1v) is 8.89. The summed E-state index contributed by atoms with van der Waals surface area (Å²) >= 11 is 1.71. The first kappa shape index (κ1) is 17.2. The molecule has 0 saturated carbocycles. The van der Waals surface area contributed by atoms with Crippen LogP contribution < -0.4 is 10.6 Å². The molecule has 0 aliphatic rings. The highest BCUT2D eigenvalue weighted by atomic mass is 32.2. The fourth-order valence-corrected chi connectivity index (χ4v) is 2.44. The molecule has 2 aromatic carbocycles. The largest absolute Gasteiger partial charge is 0.385 e. The van der Waals surface area contributed by atoms with E-state index in [4.69, 9.17) is 0 Å². The lowest BCUT2D eigenvalue weighted by molar-refractivity contribution is -0.116. The third kappa shape index (κ3) is 6.61. The van der Waals surface area contributed by atoms with Crippen molar-refractivity contribution in [3.8, 4) is 0 Å². The molecule has 2 aromatic rings. The molecule has 0 saturated heterocycles. The van der Waals surface area contributed by atoms with Crippen LogP contribution in [0.5, 0.6) is 0 Å². The number of carbonyl (C=O) groups is 1. The molecule has 0 spiro atoms. The highest BCUT2D eigenvalue weighted by Gasteiger charge is 1.96. The second-order valence-electron chi connectivity index (χ2n) is 5.04. The van der Waals surface area contributed by atoms with Crippen LogP contribution in [0.1, 0.15) is 12.0 Å². The second-order valence-corrected chi connectivity index (χ2v) is 5.92. The summed E-state index contributed by atoms with van der Waals surface area (Å²) in [7, 11) is 0. The molecule has 2 rings (SSSR count). The zero-order valence-electron chi connectivity index (χ0n) is 13.3. The molecule has 0 aromatic heterocycles. The minimum atomic E-state index is -0.0568. The van der Waals surface area contributed by atoms with Gasteiger partial charge < -0.3 is 10.6 Å². The van der Waals surface area contributed by atoms with Crippen LogP contribution in [0.25, 0.3) is 6.08 Å². The highest BCUT2D eigenvalue weighted by Crippen LogP contribution is 2.15. The molecular weight excluding hydrogens is 304 g/mol. The molecule has 120 valence electrons. The lowest BCUT2D eigenvalue weighted by Gasteiger charge is -2.06. The fourth-order valence-electron chi connectivity index (χ4n) is 2.03. The number of amides is 1. The van der Waals surface area contributed by atoms with E-state index < -0.39 is 0 Å². The van der Waals surface area contributed by atoms with E-state index in [1.165, 1.54) is 4.90 Å². The van der Waals surface area contributed by atoms with Crippen molar-refractivity contribution in [3.63, 3.8) is 0 Å². The van der Waals surface area contributed by atoms with Crippen LogP contribution in [0.15, 0.2) is 65.6 Å². The zero-order chi connectivity index (χ0) is 16.3. The Kier molecular flexibility index (Phi) is 7.27. The maximum atomic E-state index is 11.8. The van der Waals surface area contributed by atoms with Gasteiger partial charge in [-0.1, -0.05) is 30.3 Å². The van der Waals surface area contributed by atoms with Crippen molar-refractivity contribution in [2.24, 2.45) is 0 Å². The predicted octanol–water partition coefficient (Wildman–Crippen LogP) is 4.04. The Morgan fingerprint density at radius 1 is 1.04 bits per heavy atom. The summed E-state index contributed by atoms with van der Waals surface area (Å²) in [5.41, 5.74) is 2.14. The van der Waals surface area contributed by atoms with Gasteiger partial charge in [0.2, 0.25) is 5.91 Å². The molecule has 0 unspecified atom stereocenters. The quantitative estimate of drug-likeness (QED) is 0.437. The molecule has 0 heterocycles. The Morgan fingerprint density at radius 3 is 2.48 bits per heavy atom. The number of benzene rings is 2. The minimum absolute atomic E-state index is 0.0568. The lowest BCUT2D eigenvalue weighted by atomic mass is 10.2. The van der Waals surface area contributed by atoms with Crippen LogP contribution in [0.3, 0.4) is 0 Å². The van der Waals surface area contributed by atoms with Gasteiger partial charge in [0.25, 0.3) is 0 Å². The van der Waals surface area contributed by atoms with Crippen molar-refractivity contribution < 1.29 is 4.79 Å². The number of thioether (sulfide) groups is 1. The highest BCUT2D eigenvalue weighted by molar-refractivity contribution is 7.98. The fraction of sp³-hybridized carbons (Fsp3) is 0.211. The monoisotopic (exact) mass is 326 g/mol. The molecule has 3 nitrogen and oxygen atoms in total. The maximum absolute atomic E-state index is 11.8. The Morgan fingerprint density at radius 2 is 1.78 bits per heavy atom. The van der Waals surface area contributed by atoms with E-state index in [9.17, 15) is 4.79 Å². The SMILES string of the molecule is CSc1ccc(/C=C/C(=O)NCCCNc2ccccc2)cc1. The van der Waals surface area contributed by atoms with E-state index in [-0.39, 0.29) is 5.91 Å². The number of rotatable bonds is 8. The number of hydrogen-bond donors (Lipinski definition) is 2. The van der Waals surface area contributed by atoms with Gasteiger partial charge in [0.15, 0.2) is 0 Å². The summed E-state index contributed by atoms with van der Waals surface area (Å²) in [4.78, 5) is 13.0. The molecule has 0 aliphatic carbocycles. The summed E-state index contributed by atoms with van der Waals surface area (Å²) < 4.78 is 0. The summed E-state index contributed by atoms with van der Waals surface area (Å²) in [5, 5.41) is 6.21. The van der Waals surface area contributed by atoms with Gasteiger partial charge in [-0.2, -0.15) is 0 Å². The topological polar surface area (TPSA) is 41.1 Å². The van der Waals surface area contributed by atoms with Gasteiger partial charge in [-0.15, -0.1) is 11.8 Å². The van der Waals surface area contributed by atoms with E-state index in [0.29, 0.717) is 6.54 Å². The first-order chi connectivity index (χ1) is 11.3. The molecule has 0 fully saturated rings. The number of anilines is 1. The standard InChI is InChI=1S/C19H22N2OS/c1-23-18-11-8-16(9-12-18)10-13-19(22)21-15-5-14-20-17-6-3-2-4-7-17/h2-4,6-13,20H,5,14-15H2,1H3,(H,21,22)/b13-10+. The Hall–Kier alpha value is -2.20. The number of hydrogen-bond acceptors (Lipinski definition) is 3. The number of nitrogens with one attached hydrogen (secondary N) is 2. The van der Waals surface area contributed by atoms with E-state index >= 15 is 0 Å². The van der Waals surface area contributed by atoms with Crippen molar-refractivity contribution in [2.75, 3.05) is 24.7 Å². The average molecular weight is 326 g/mol. The summed E-state index contributed by atoms with van der Waals surface area (Å²) in [6.45, 7) is 1.50. The third-order valence-electron chi connectivity index (χ3n) is 3.30. The normalized spacial score (nSPS) is 10.7. The first-order valence-electron chi connectivity index (χ1n) is 7.67. The molecule has 2 N–H and O–H groups in total. The van der Waals surface area contributed by atoms with Crippen LogP contribution in [0, 0.1) is 0 Å². The Bertz CT molecular complexity index is 624. The van der Waals surface area contributed by atoms with Crippen molar-refractivity contribution in [1.82, 2.24) is 5.32 Å². The van der Waals surface area contributed by atoms with E-state index in [2.05, 4.69) is 22.8 Å². The van der Waals surface area contributed by atoms with Gasteiger partial charge in [0, 0.05) is 29.7 Å². The van der Waals surface area contributed by atoms with Gasteiger partial charge >= 0.3 is 0 Å². The average Bonchev–Trinajstić information content (AvgIpc) is 2.61. The zero-order valence-corrected chi connectivity index (χ0v) is 14.1. The Labute approximate surface area is 142 Å². The van der Waals surface area contributed by atoms with Crippen LogP contribution in [-0.2, 0) is 4.79 Å². The minimum Gasteiger partial charge on any atom is -0.385 e. The molecule has 0 aliphatic heterocycles. The van der Waals surface area contributed by atoms with E-state index in [0.717, 1.165) is 24.2 Å². The number of para-hydroxylation sites is 1. The summed E-state index contributed by atoms with van der Waals surface area (Å²) in [5.74, 6) is -0.0568. The Balaban J connectivity index is 1.63. The number of carbonyl (C=O) groups excluding carboxylic acids is 1. The lowest BCUT2D eigenvalue weighted by Crippen LogP contribution is -2.23. The van der Waals surface area contributed by atoms with Gasteiger partial charge in [0.1, 0.15) is 0 Å². The summed E-state index contributed by atoms with van der Waals surface area (Å²) in [6.07, 6.45) is 6.35. The molecule has 0 atom stereocenters. The third-order valence-corrected chi connectivity index (χ3v) is 4.04.